The van der Waals surface area contributed by atoms with E-state index in [1.165, 1.54) is 32.1 Å². The van der Waals surface area contributed by atoms with E-state index >= 15 is 0 Å². The summed E-state index contributed by atoms with van der Waals surface area (Å²) in [5, 5.41) is 0.972. The van der Waals surface area contributed by atoms with Crippen molar-refractivity contribution in [3.8, 4) is 0 Å². The lowest BCUT2D eigenvalue weighted by molar-refractivity contribution is 0.426. The van der Waals surface area contributed by atoms with Crippen molar-refractivity contribution in [2.24, 2.45) is 0 Å². The minimum absolute atomic E-state index is 0.189. The number of para-hydroxylation sites is 1. The largest absolute Gasteiger partial charge is 0.356 e. The first kappa shape index (κ1) is 15.9. The molecular formula is C19H25N3O. The molecule has 0 aliphatic heterocycles. The normalized spacial score (nSPS) is 15.7. The molecular weight excluding hydrogens is 286 g/mol. The Bertz CT molecular complexity index is 738. The molecule has 0 amide bonds. The second-order valence-corrected chi connectivity index (χ2v) is 6.47. The maximum atomic E-state index is 12.4. The van der Waals surface area contributed by atoms with E-state index in [2.05, 4.69) is 23.9 Å². The highest BCUT2D eigenvalue weighted by molar-refractivity contribution is 5.89. The maximum Gasteiger partial charge on any atom is 0.292 e. The van der Waals surface area contributed by atoms with Crippen LogP contribution in [0.4, 0.5) is 5.82 Å². The van der Waals surface area contributed by atoms with Gasteiger partial charge >= 0.3 is 0 Å². The molecule has 1 aliphatic carbocycles. The molecule has 1 aromatic heterocycles. The molecule has 0 N–H and O–H groups in total. The fraction of sp³-hybridized carbons (Fsp3) is 0.526. The summed E-state index contributed by atoms with van der Waals surface area (Å²) >= 11 is 0. The number of aromatic nitrogens is 2. The van der Waals surface area contributed by atoms with E-state index in [0.29, 0.717) is 18.2 Å². The van der Waals surface area contributed by atoms with E-state index in [0.717, 1.165) is 23.1 Å². The van der Waals surface area contributed by atoms with Gasteiger partial charge in [0.05, 0.1) is 5.52 Å². The van der Waals surface area contributed by atoms with Crippen LogP contribution in [0.15, 0.2) is 29.1 Å². The molecule has 23 heavy (non-hydrogen) atoms. The molecule has 0 spiro atoms. The zero-order valence-electron chi connectivity index (χ0n) is 14.1. The van der Waals surface area contributed by atoms with Crippen LogP contribution in [0.3, 0.4) is 0 Å². The first-order chi connectivity index (χ1) is 11.2. The SMILES string of the molecule is CCCc1nc(N(C)C2CCCCC2)c2ccccc2nc1=O. The Kier molecular flexibility index (Phi) is 4.89. The Hall–Kier alpha value is -1.97. The second-order valence-electron chi connectivity index (χ2n) is 6.47. The lowest BCUT2D eigenvalue weighted by atomic mass is 9.94. The number of nitrogens with zero attached hydrogens (tertiary/aromatic N) is 3. The third-order valence-electron chi connectivity index (χ3n) is 4.80. The van der Waals surface area contributed by atoms with Crippen LogP contribution in [0.1, 0.15) is 51.1 Å². The lowest BCUT2D eigenvalue weighted by Gasteiger charge is -2.32. The van der Waals surface area contributed by atoms with E-state index in [1.54, 1.807) is 0 Å². The highest BCUT2D eigenvalue weighted by Crippen LogP contribution is 2.28. The van der Waals surface area contributed by atoms with Crippen LogP contribution < -0.4 is 10.5 Å². The number of anilines is 1. The second kappa shape index (κ2) is 7.07. The van der Waals surface area contributed by atoms with E-state index in [9.17, 15) is 4.79 Å². The number of benzene rings is 1. The smallest absolute Gasteiger partial charge is 0.292 e. The van der Waals surface area contributed by atoms with Crippen molar-refractivity contribution < 1.29 is 0 Å². The van der Waals surface area contributed by atoms with Crippen LogP contribution in [0, 0.1) is 0 Å². The predicted octanol–water partition coefficient (Wildman–Crippen LogP) is 3.71. The van der Waals surface area contributed by atoms with Gasteiger partial charge in [0.1, 0.15) is 11.5 Å². The van der Waals surface area contributed by atoms with Gasteiger partial charge in [-0.3, -0.25) is 4.79 Å². The van der Waals surface area contributed by atoms with Crippen LogP contribution in [-0.4, -0.2) is 23.1 Å². The monoisotopic (exact) mass is 311 g/mol. The Balaban J connectivity index is 2.16. The van der Waals surface area contributed by atoms with E-state index in [1.807, 2.05) is 24.3 Å². The van der Waals surface area contributed by atoms with Crippen molar-refractivity contribution in [1.82, 2.24) is 9.97 Å². The Morgan fingerprint density at radius 2 is 1.87 bits per heavy atom. The van der Waals surface area contributed by atoms with Gasteiger partial charge in [0.25, 0.3) is 5.56 Å². The standard InChI is InChI=1S/C19H25N3O/c1-3-9-17-19(23)21-16-13-8-7-12-15(16)18(20-17)22(2)14-10-5-4-6-11-14/h7-8,12-14H,3-6,9-11H2,1-2H3. The van der Waals surface area contributed by atoms with E-state index in [4.69, 9.17) is 4.98 Å². The van der Waals surface area contributed by atoms with Crippen molar-refractivity contribution in [1.29, 1.82) is 0 Å². The van der Waals surface area contributed by atoms with Crippen LogP contribution in [-0.2, 0) is 6.42 Å². The van der Waals surface area contributed by atoms with Gasteiger partial charge < -0.3 is 4.90 Å². The fourth-order valence-corrected chi connectivity index (χ4v) is 3.48. The Labute approximate surface area is 137 Å². The van der Waals surface area contributed by atoms with Gasteiger partial charge in [-0.1, -0.05) is 44.7 Å². The van der Waals surface area contributed by atoms with Crippen LogP contribution in [0.2, 0.25) is 0 Å². The molecule has 4 heteroatoms. The topological polar surface area (TPSA) is 46.1 Å². The van der Waals surface area contributed by atoms with Gasteiger partial charge in [0.15, 0.2) is 0 Å². The highest BCUT2D eigenvalue weighted by atomic mass is 16.1. The minimum atomic E-state index is -0.189. The number of aryl methyl sites for hydroxylation is 1. The molecule has 122 valence electrons. The zero-order chi connectivity index (χ0) is 16.2. The third-order valence-corrected chi connectivity index (χ3v) is 4.80. The number of hydrogen-bond acceptors (Lipinski definition) is 4. The molecule has 0 atom stereocenters. The van der Waals surface area contributed by atoms with Crippen LogP contribution in [0.5, 0.6) is 0 Å². The molecule has 0 saturated heterocycles. The summed E-state index contributed by atoms with van der Waals surface area (Å²) < 4.78 is 0. The van der Waals surface area contributed by atoms with Gasteiger partial charge in [0.2, 0.25) is 0 Å². The summed E-state index contributed by atoms with van der Waals surface area (Å²) in [6, 6.07) is 8.37. The van der Waals surface area contributed by atoms with Gasteiger partial charge in [-0.05, 0) is 31.4 Å². The summed E-state index contributed by atoms with van der Waals surface area (Å²) in [6.07, 6.45) is 7.86. The summed E-state index contributed by atoms with van der Waals surface area (Å²) in [7, 11) is 2.12. The number of hydrogen-bond donors (Lipinski definition) is 0. The van der Waals surface area contributed by atoms with Gasteiger partial charge in [0, 0.05) is 18.5 Å². The first-order valence-corrected chi connectivity index (χ1v) is 8.73. The van der Waals surface area contributed by atoms with Gasteiger partial charge in [-0.25, -0.2) is 9.97 Å². The molecule has 2 aromatic rings. The molecule has 1 heterocycles. The fourth-order valence-electron chi connectivity index (χ4n) is 3.48. The number of rotatable bonds is 4. The lowest BCUT2D eigenvalue weighted by Crippen LogP contribution is -2.34. The summed E-state index contributed by atoms with van der Waals surface area (Å²) in [5.41, 5.74) is 1.14. The van der Waals surface area contributed by atoms with Crippen LogP contribution >= 0.6 is 0 Å². The van der Waals surface area contributed by atoms with Crippen molar-refractivity contribution in [2.75, 3.05) is 11.9 Å². The summed E-state index contributed by atoms with van der Waals surface area (Å²) in [4.78, 5) is 23.7. The molecule has 3 rings (SSSR count). The van der Waals surface area contributed by atoms with Crippen LogP contribution in [0.25, 0.3) is 10.9 Å². The maximum absolute atomic E-state index is 12.4. The zero-order valence-corrected chi connectivity index (χ0v) is 14.1. The third kappa shape index (κ3) is 3.36. The minimum Gasteiger partial charge on any atom is -0.356 e. The molecule has 0 unspecified atom stereocenters. The van der Waals surface area contributed by atoms with E-state index in [-0.39, 0.29) is 5.56 Å². The Morgan fingerprint density at radius 3 is 2.61 bits per heavy atom. The average molecular weight is 311 g/mol. The summed E-state index contributed by atoms with van der Waals surface area (Å²) in [6.45, 7) is 2.07. The molecule has 1 aromatic carbocycles. The van der Waals surface area contributed by atoms with Gasteiger partial charge in [-0.15, -0.1) is 0 Å². The quantitative estimate of drug-likeness (QED) is 0.863. The average Bonchev–Trinajstić information content (AvgIpc) is 2.72. The van der Waals surface area contributed by atoms with Crippen molar-refractivity contribution in [2.45, 2.75) is 57.9 Å². The number of fused-ring (bicyclic) bond motifs is 1. The molecule has 0 bridgehead atoms. The molecule has 1 fully saturated rings. The van der Waals surface area contributed by atoms with Crippen molar-refractivity contribution in [3.05, 3.63) is 40.3 Å². The van der Waals surface area contributed by atoms with E-state index < -0.39 is 0 Å². The first-order valence-electron chi connectivity index (χ1n) is 8.73. The predicted molar refractivity (Wildman–Crippen MR) is 95.1 cm³/mol. The van der Waals surface area contributed by atoms with Gasteiger partial charge in [-0.2, -0.15) is 0 Å². The summed E-state index contributed by atoms with van der Waals surface area (Å²) in [5.74, 6) is 0.908. The van der Waals surface area contributed by atoms with Crippen molar-refractivity contribution in [3.63, 3.8) is 0 Å². The molecule has 1 saturated carbocycles. The molecule has 4 nitrogen and oxygen atoms in total. The molecule has 1 aliphatic rings. The highest BCUT2D eigenvalue weighted by Gasteiger charge is 2.21. The van der Waals surface area contributed by atoms with Crippen molar-refractivity contribution >= 4 is 16.7 Å². The molecule has 0 radical (unpaired) electrons. The Morgan fingerprint density at radius 1 is 1.13 bits per heavy atom.